The van der Waals surface area contributed by atoms with Crippen molar-refractivity contribution in [2.24, 2.45) is 23.7 Å². The van der Waals surface area contributed by atoms with Gasteiger partial charge < -0.3 is 9.47 Å². The summed E-state index contributed by atoms with van der Waals surface area (Å²) in [6, 6.07) is 0. The largest absolute Gasteiger partial charge is 0.465 e. The lowest BCUT2D eigenvalue weighted by Crippen LogP contribution is -2.21. The lowest BCUT2D eigenvalue weighted by atomic mass is 9.98. The summed E-state index contributed by atoms with van der Waals surface area (Å²) in [6.45, 7) is 12.6. The van der Waals surface area contributed by atoms with E-state index >= 15 is 0 Å². The molecule has 0 bridgehead atoms. The molecule has 0 fully saturated rings. The van der Waals surface area contributed by atoms with Gasteiger partial charge in [0.05, 0.1) is 25.0 Å². The van der Waals surface area contributed by atoms with Gasteiger partial charge in [-0.3, -0.25) is 9.59 Å². The maximum Gasteiger partial charge on any atom is 0.308 e. The minimum atomic E-state index is -0.179. The van der Waals surface area contributed by atoms with Crippen LogP contribution in [0.1, 0.15) is 54.4 Å². The average molecular weight is 286 g/mol. The molecule has 2 atom stereocenters. The molecule has 0 aromatic rings. The van der Waals surface area contributed by atoms with E-state index in [0.717, 1.165) is 0 Å². The van der Waals surface area contributed by atoms with Gasteiger partial charge in [0, 0.05) is 0 Å². The van der Waals surface area contributed by atoms with E-state index in [4.69, 9.17) is 9.47 Å². The predicted molar refractivity (Wildman–Crippen MR) is 79.2 cm³/mol. The second-order valence-corrected chi connectivity index (χ2v) is 6.43. The number of hydrogen-bond acceptors (Lipinski definition) is 4. The lowest BCUT2D eigenvalue weighted by Gasteiger charge is -2.16. The zero-order valence-electron chi connectivity index (χ0n) is 13.8. The predicted octanol–water partition coefficient (Wildman–Crippen LogP) is 3.44. The van der Waals surface area contributed by atoms with Gasteiger partial charge >= 0.3 is 11.9 Å². The Morgan fingerprint density at radius 3 is 1.25 bits per heavy atom. The van der Waals surface area contributed by atoms with Gasteiger partial charge in [0.2, 0.25) is 0 Å². The molecule has 0 aromatic heterocycles. The van der Waals surface area contributed by atoms with Gasteiger partial charge in [-0.15, -0.1) is 0 Å². The van der Waals surface area contributed by atoms with Crippen molar-refractivity contribution in [2.45, 2.75) is 54.4 Å². The third kappa shape index (κ3) is 8.94. The van der Waals surface area contributed by atoms with E-state index < -0.39 is 0 Å². The van der Waals surface area contributed by atoms with E-state index in [1.807, 2.05) is 41.5 Å². The minimum absolute atomic E-state index is 0.172. The maximum atomic E-state index is 11.7. The molecule has 0 rings (SSSR count). The Hall–Kier alpha value is -1.06. The standard InChI is InChI=1S/C16H30O4/c1-11(2)9-19-15(17)13(5)7-8-14(6)16(18)20-10-12(3)4/h11-14H,7-10H2,1-6H3. The molecular weight excluding hydrogens is 256 g/mol. The molecule has 0 saturated heterocycles. The van der Waals surface area contributed by atoms with Crippen molar-refractivity contribution >= 4 is 11.9 Å². The highest BCUT2D eigenvalue weighted by atomic mass is 16.5. The molecule has 0 aromatic carbocycles. The Morgan fingerprint density at radius 2 is 1.00 bits per heavy atom. The van der Waals surface area contributed by atoms with Gasteiger partial charge in [0.15, 0.2) is 0 Å². The van der Waals surface area contributed by atoms with Gasteiger partial charge in [-0.2, -0.15) is 0 Å². The molecule has 20 heavy (non-hydrogen) atoms. The smallest absolute Gasteiger partial charge is 0.308 e. The molecule has 0 aliphatic rings. The van der Waals surface area contributed by atoms with Crippen LogP contribution in [0.2, 0.25) is 0 Å². The molecule has 0 amide bonds. The van der Waals surface area contributed by atoms with Crippen LogP contribution >= 0.6 is 0 Å². The molecule has 0 N–H and O–H groups in total. The van der Waals surface area contributed by atoms with Crippen LogP contribution in [0.4, 0.5) is 0 Å². The van der Waals surface area contributed by atoms with Crippen LogP contribution in [0.25, 0.3) is 0 Å². The zero-order valence-corrected chi connectivity index (χ0v) is 13.8. The first-order valence-corrected chi connectivity index (χ1v) is 7.57. The van der Waals surface area contributed by atoms with Crippen LogP contribution in [0.15, 0.2) is 0 Å². The van der Waals surface area contributed by atoms with Crippen molar-refractivity contribution in [1.82, 2.24) is 0 Å². The fraction of sp³-hybridized carbons (Fsp3) is 0.875. The molecule has 0 heterocycles. The molecule has 4 nitrogen and oxygen atoms in total. The van der Waals surface area contributed by atoms with Gasteiger partial charge in [-0.05, 0) is 24.7 Å². The van der Waals surface area contributed by atoms with Crippen LogP contribution in [-0.2, 0) is 19.1 Å². The SMILES string of the molecule is CC(C)COC(=O)C(C)CCC(C)C(=O)OCC(C)C. The summed E-state index contributed by atoms with van der Waals surface area (Å²) in [7, 11) is 0. The van der Waals surface area contributed by atoms with Crippen LogP contribution in [0.3, 0.4) is 0 Å². The van der Waals surface area contributed by atoms with Crippen LogP contribution in [0, 0.1) is 23.7 Å². The highest BCUT2D eigenvalue weighted by molar-refractivity contribution is 5.73. The van der Waals surface area contributed by atoms with Crippen molar-refractivity contribution in [2.75, 3.05) is 13.2 Å². The molecule has 0 radical (unpaired) electrons. The summed E-state index contributed by atoms with van der Waals surface area (Å²) in [6.07, 6.45) is 1.30. The summed E-state index contributed by atoms with van der Waals surface area (Å²) in [5, 5.41) is 0. The van der Waals surface area contributed by atoms with Crippen LogP contribution in [-0.4, -0.2) is 25.2 Å². The number of hydrogen-bond donors (Lipinski definition) is 0. The second kappa shape index (κ2) is 9.78. The topological polar surface area (TPSA) is 52.6 Å². The van der Waals surface area contributed by atoms with Crippen molar-refractivity contribution in [3.8, 4) is 0 Å². The Balaban J connectivity index is 3.95. The third-order valence-corrected chi connectivity index (χ3v) is 2.96. The molecule has 0 aliphatic carbocycles. The number of rotatable bonds is 9. The van der Waals surface area contributed by atoms with Gasteiger partial charge in [0.1, 0.15) is 0 Å². The third-order valence-electron chi connectivity index (χ3n) is 2.96. The Kier molecular flexibility index (Phi) is 9.26. The first kappa shape index (κ1) is 18.9. The maximum absolute atomic E-state index is 11.7. The number of carbonyl (C=O) groups is 2. The molecule has 4 heteroatoms. The van der Waals surface area contributed by atoms with E-state index in [-0.39, 0.29) is 23.8 Å². The summed E-state index contributed by atoms with van der Waals surface area (Å²) in [5.41, 5.74) is 0. The summed E-state index contributed by atoms with van der Waals surface area (Å²) >= 11 is 0. The van der Waals surface area contributed by atoms with E-state index in [1.165, 1.54) is 0 Å². The minimum Gasteiger partial charge on any atom is -0.465 e. The van der Waals surface area contributed by atoms with Gasteiger partial charge in [-0.1, -0.05) is 41.5 Å². The highest BCUT2D eigenvalue weighted by Crippen LogP contribution is 2.15. The second-order valence-electron chi connectivity index (χ2n) is 6.43. The monoisotopic (exact) mass is 286 g/mol. The van der Waals surface area contributed by atoms with Gasteiger partial charge in [0.25, 0.3) is 0 Å². The van der Waals surface area contributed by atoms with E-state index in [1.54, 1.807) is 0 Å². The number of ether oxygens (including phenoxy) is 2. The summed E-state index contributed by atoms with van der Waals surface area (Å²) in [5.74, 6) is -0.0155. The van der Waals surface area contributed by atoms with Gasteiger partial charge in [-0.25, -0.2) is 0 Å². The quantitative estimate of drug-likeness (QED) is 0.609. The normalized spacial score (nSPS) is 14.2. The zero-order chi connectivity index (χ0) is 15.7. The molecule has 0 saturated carbocycles. The van der Waals surface area contributed by atoms with E-state index in [0.29, 0.717) is 37.9 Å². The van der Waals surface area contributed by atoms with E-state index in [2.05, 4.69) is 0 Å². The van der Waals surface area contributed by atoms with Crippen LogP contribution < -0.4 is 0 Å². The molecular formula is C16H30O4. The summed E-state index contributed by atoms with van der Waals surface area (Å²) in [4.78, 5) is 23.4. The Morgan fingerprint density at radius 1 is 0.700 bits per heavy atom. The Labute approximate surface area is 123 Å². The molecule has 0 aliphatic heterocycles. The summed E-state index contributed by atoms with van der Waals surface area (Å²) < 4.78 is 10.4. The Bertz CT molecular complexity index is 267. The fourth-order valence-electron chi connectivity index (χ4n) is 1.52. The molecule has 2 unspecified atom stereocenters. The number of esters is 2. The van der Waals surface area contributed by atoms with E-state index in [9.17, 15) is 9.59 Å². The van der Waals surface area contributed by atoms with Crippen LogP contribution in [0.5, 0.6) is 0 Å². The van der Waals surface area contributed by atoms with Crippen molar-refractivity contribution in [1.29, 1.82) is 0 Å². The average Bonchev–Trinajstić information content (AvgIpc) is 2.38. The van der Waals surface area contributed by atoms with Crippen molar-refractivity contribution < 1.29 is 19.1 Å². The van der Waals surface area contributed by atoms with Crippen molar-refractivity contribution in [3.05, 3.63) is 0 Å². The molecule has 118 valence electrons. The first-order chi connectivity index (χ1) is 9.23. The first-order valence-electron chi connectivity index (χ1n) is 7.57. The lowest BCUT2D eigenvalue weighted by molar-refractivity contribution is -0.152. The fourth-order valence-corrected chi connectivity index (χ4v) is 1.52. The number of carbonyl (C=O) groups excluding carboxylic acids is 2. The van der Waals surface area contributed by atoms with Crippen molar-refractivity contribution in [3.63, 3.8) is 0 Å². The molecule has 0 spiro atoms. The highest BCUT2D eigenvalue weighted by Gasteiger charge is 2.20.